The molecule has 0 fully saturated rings. The molecule has 8 heteroatoms. The molecule has 0 heterocycles. The number of hydrogen-bond acceptors (Lipinski definition) is 3. The zero-order valence-corrected chi connectivity index (χ0v) is 15.9. The Morgan fingerprint density at radius 3 is 2.38 bits per heavy atom. The lowest BCUT2D eigenvalue weighted by Gasteiger charge is -2.20. The highest BCUT2D eigenvalue weighted by Crippen LogP contribution is 2.14. The maximum atomic E-state index is 13.7. The first-order chi connectivity index (χ1) is 12.3. The third kappa shape index (κ3) is 6.40. The van der Waals surface area contributed by atoms with Crippen molar-refractivity contribution in [3.63, 3.8) is 0 Å². The van der Waals surface area contributed by atoms with E-state index in [1.165, 1.54) is 10.4 Å². The fourth-order valence-corrected chi connectivity index (χ4v) is 3.34. The lowest BCUT2D eigenvalue weighted by molar-refractivity contribution is -0.116. The van der Waals surface area contributed by atoms with Gasteiger partial charge >= 0.3 is 0 Å². The van der Waals surface area contributed by atoms with Crippen molar-refractivity contribution in [2.75, 3.05) is 24.7 Å². The number of nitrogens with zero attached hydrogens (tertiary/aromatic N) is 1. The van der Waals surface area contributed by atoms with Crippen LogP contribution in [-0.4, -0.2) is 38.0 Å². The molecule has 0 bridgehead atoms. The van der Waals surface area contributed by atoms with E-state index in [9.17, 15) is 17.6 Å². The highest BCUT2D eigenvalue weighted by Gasteiger charge is 2.18. The first-order valence-corrected chi connectivity index (χ1v) is 10.2. The standard InChI is InChI=1S/C18H20ClFN2O3S/c1-26(24,25)22(12-10-14-4-2-3-5-17(14)20)13-11-18(23)21-16-8-6-15(19)7-9-16/h2-9H,10-13H2,1H3,(H,21,23). The van der Waals surface area contributed by atoms with Crippen LogP contribution in [0.5, 0.6) is 0 Å². The van der Waals surface area contributed by atoms with Crippen molar-refractivity contribution in [2.45, 2.75) is 12.8 Å². The minimum absolute atomic E-state index is 0.00698. The Balaban J connectivity index is 1.92. The van der Waals surface area contributed by atoms with E-state index in [1.807, 2.05) is 0 Å². The van der Waals surface area contributed by atoms with Gasteiger partial charge in [0, 0.05) is 30.2 Å². The fourth-order valence-electron chi connectivity index (χ4n) is 2.37. The number of sulfonamides is 1. The topological polar surface area (TPSA) is 66.5 Å². The van der Waals surface area contributed by atoms with E-state index in [4.69, 9.17) is 11.6 Å². The number of anilines is 1. The van der Waals surface area contributed by atoms with Gasteiger partial charge in [0.25, 0.3) is 0 Å². The number of halogens is 2. The third-order valence-electron chi connectivity index (χ3n) is 3.77. The van der Waals surface area contributed by atoms with Crippen LogP contribution in [0.25, 0.3) is 0 Å². The van der Waals surface area contributed by atoms with Crippen molar-refractivity contribution < 1.29 is 17.6 Å². The Kier molecular flexibility index (Phi) is 7.14. The number of hydrogen-bond donors (Lipinski definition) is 1. The molecular formula is C18H20ClFN2O3S. The third-order valence-corrected chi connectivity index (χ3v) is 5.33. The van der Waals surface area contributed by atoms with Crippen molar-refractivity contribution in [3.8, 4) is 0 Å². The minimum Gasteiger partial charge on any atom is -0.326 e. The second-order valence-corrected chi connectivity index (χ2v) is 8.23. The van der Waals surface area contributed by atoms with Gasteiger partial charge < -0.3 is 5.32 Å². The number of nitrogens with one attached hydrogen (secondary N) is 1. The van der Waals surface area contributed by atoms with Crippen LogP contribution in [0.3, 0.4) is 0 Å². The normalized spacial score (nSPS) is 11.5. The summed E-state index contributed by atoms with van der Waals surface area (Å²) in [5.41, 5.74) is 1.02. The molecule has 5 nitrogen and oxygen atoms in total. The van der Waals surface area contributed by atoms with Gasteiger partial charge in [0.1, 0.15) is 5.82 Å². The Bertz CT molecular complexity index is 857. The second-order valence-electron chi connectivity index (χ2n) is 5.81. The lowest BCUT2D eigenvalue weighted by Crippen LogP contribution is -2.34. The molecule has 2 rings (SSSR count). The summed E-state index contributed by atoms with van der Waals surface area (Å²) in [4.78, 5) is 12.0. The molecule has 0 saturated heterocycles. The summed E-state index contributed by atoms with van der Waals surface area (Å²) in [6.45, 7) is 0.126. The quantitative estimate of drug-likeness (QED) is 0.741. The van der Waals surface area contributed by atoms with Crippen LogP contribution in [0.2, 0.25) is 5.02 Å². The summed E-state index contributed by atoms with van der Waals surface area (Å²) >= 11 is 5.78. The van der Waals surface area contributed by atoms with Crippen molar-refractivity contribution in [2.24, 2.45) is 0 Å². The zero-order chi connectivity index (χ0) is 19.2. The predicted octanol–water partition coefficient (Wildman–Crippen LogP) is 3.31. The van der Waals surface area contributed by atoms with Gasteiger partial charge in [-0.05, 0) is 42.3 Å². The van der Waals surface area contributed by atoms with Gasteiger partial charge in [-0.3, -0.25) is 4.79 Å². The molecule has 1 N–H and O–H groups in total. The van der Waals surface area contributed by atoms with Crippen LogP contribution >= 0.6 is 11.6 Å². The summed E-state index contributed by atoms with van der Waals surface area (Å²) < 4.78 is 38.7. The number of amides is 1. The molecule has 2 aromatic carbocycles. The molecule has 1 amide bonds. The maximum absolute atomic E-state index is 13.7. The van der Waals surface area contributed by atoms with E-state index in [0.717, 1.165) is 6.26 Å². The van der Waals surface area contributed by atoms with E-state index >= 15 is 0 Å². The van der Waals surface area contributed by atoms with Crippen LogP contribution in [0.15, 0.2) is 48.5 Å². The van der Waals surface area contributed by atoms with Gasteiger partial charge in [-0.15, -0.1) is 0 Å². The molecule has 0 atom stereocenters. The fraction of sp³-hybridized carbons (Fsp3) is 0.278. The lowest BCUT2D eigenvalue weighted by atomic mass is 10.1. The number of benzene rings is 2. The van der Waals surface area contributed by atoms with Gasteiger partial charge in [-0.2, -0.15) is 0 Å². The molecule has 140 valence electrons. The molecule has 0 aromatic heterocycles. The van der Waals surface area contributed by atoms with E-state index in [2.05, 4.69) is 5.32 Å². The second kappa shape index (κ2) is 9.12. The Morgan fingerprint density at radius 1 is 1.12 bits per heavy atom. The van der Waals surface area contributed by atoms with Crippen molar-refractivity contribution in [1.82, 2.24) is 4.31 Å². The summed E-state index contributed by atoms with van der Waals surface area (Å²) in [7, 11) is -3.51. The number of rotatable bonds is 8. The molecule has 0 unspecified atom stereocenters. The van der Waals surface area contributed by atoms with Crippen LogP contribution < -0.4 is 5.32 Å². The first-order valence-electron chi connectivity index (χ1n) is 7.99. The number of carbonyl (C=O) groups excluding carboxylic acids is 1. The molecular weight excluding hydrogens is 379 g/mol. The molecule has 0 radical (unpaired) electrons. The maximum Gasteiger partial charge on any atom is 0.225 e. The molecule has 0 aliphatic carbocycles. The molecule has 2 aromatic rings. The SMILES string of the molecule is CS(=O)(=O)N(CCC(=O)Nc1ccc(Cl)cc1)CCc1ccccc1F. The van der Waals surface area contributed by atoms with Crippen LogP contribution in [0.4, 0.5) is 10.1 Å². The summed E-state index contributed by atoms with van der Waals surface area (Å²) in [5.74, 6) is -0.687. The monoisotopic (exact) mass is 398 g/mol. The van der Waals surface area contributed by atoms with Gasteiger partial charge in [0.2, 0.25) is 15.9 Å². The van der Waals surface area contributed by atoms with Crippen LogP contribution in [0, 0.1) is 5.82 Å². The zero-order valence-electron chi connectivity index (χ0n) is 14.3. The van der Waals surface area contributed by atoms with E-state index in [-0.39, 0.29) is 37.7 Å². The Morgan fingerprint density at radius 2 is 1.77 bits per heavy atom. The molecule has 0 saturated carbocycles. The van der Waals surface area contributed by atoms with Crippen LogP contribution in [-0.2, 0) is 21.2 Å². The smallest absolute Gasteiger partial charge is 0.225 e. The summed E-state index contributed by atoms with van der Waals surface area (Å²) in [6.07, 6.45) is 1.30. The molecule has 0 aliphatic heterocycles. The van der Waals surface area contributed by atoms with Gasteiger partial charge in [0.15, 0.2) is 0 Å². The van der Waals surface area contributed by atoms with Crippen molar-refractivity contribution in [3.05, 3.63) is 64.9 Å². The average Bonchev–Trinajstić information content (AvgIpc) is 2.57. The van der Waals surface area contributed by atoms with Gasteiger partial charge in [0.05, 0.1) is 6.26 Å². The van der Waals surface area contributed by atoms with Crippen LogP contribution in [0.1, 0.15) is 12.0 Å². The van der Waals surface area contributed by atoms with E-state index in [1.54, 1.807) is 42.5 Å². The molecule has 0 aliphatic rings. The van der Waals surface area contributed by atoms with E-state index < -0.39 is 10.0 Å². The Labute approximate surface area is 157 Å². The average molecular weight is 399 g/mol. The minimum atomic E-state index is -3.51. The highest BCUT2D eigenvalue weighted by atomic mass is 35.5. The summed E-state index contributed by atoms with van der Waals surface area (Å²) in [6, 6.07) is 12.8. The first kappa shape index (κ1) is 20.4. The highest BCUT2D eigenvalue weighted by molar-refractivity contribution is 7.88. The molecule has 26 heavy (non-hydrogen) atoms. The van der Waals surface area contributed by atoms with Gasteiger partial charge in [-0.25, -0.2) is 17.1 Å². The van der Waals surface area contributed by atoms with Crippen molar-refractivity contribution >= 4 is 33.2 Å². The summed E-state index contributed by atoms with van der Waals surface area (Å²) in [5, 5.41) is 3.23. The molecule has 0 spiro atoms. The van der Waals surface area contributed by atoms with E-state index in [0.29, 0.717) is 16.3 Å². The largest absolute Gasteiger partial charge is 0.326 e. The van der Waals surface area contributed by atoms with Crippen molar-refractivity contribution in [1.29, 1.82) is 0 Å². The predicted molar refractivity (Wildman–Crippen MR) is 101 cm³/mol. The van der Waals surface area contributed by atoms with Gasteiger partial charge in [-0.1, -0.05) is 29.8 Å². The number of carbonyl (C=O) groups is 1. The Hall–Kier alpha value is -1.96.